The third-order valence-electron chi connectivity index (χ3n) is 5.37. The van der Waals surface area contributed by atoms with E-state index >= 15 is 0 Å². The van der Waals surface area contributed by atoms with Crippen molar-refractivity contribution < 1.29 is 38.0 Å². The van der Waals surface area contributed by atoms with Crippen molar-refractivity contribution in [3.05, 3.63) is 69.6 Å². The lowest BCUT2D eigenvalue weighted by atomic mass is 10.0. The first kappa shape index (κ1) is 23.4. The van der Waals surface area contributed by atoms with Gasteiger partial charge in [0.15, 0.2) is 12.4 Å². The van der Waals surface area contributed by atoms with Crippen LogP contribution in [-0.4, -0.2) is 46.0 Å². The third kappa shape index (κ3) is 5.51. The van der Waals surface area contributed by atoms with Gasteiger partial charge < -0.3 is 29.4 Å². The molecule has 2 fully saturated rings. The van der Waals surface area contributed by atoms with E-state index in [0.29, 0.717) is 16.1 Å². The van der Waals surface area contributed by atoms with Gasteiger partial charge >= 0.3 is 23.3 Å². The molecule has 0 bridgehead atoms. The van der Waals surface area contributed by atoms with Crippen molar-refractivity contribution in [2.75, 3.05) is 34.0 Å². The lowest BCUT2D eigenvalue weighted by Crippen LogP contribution is -2.35. The number of esters is 2. The molecule has 0 aromatic carbocycles. The molecule has 172 valence electrons. The molecule has 2 aliphatic heterocycles. The molecular formula is C22H26N2O8. The number of nitrogens with zero attached hydrogens (tertiary/aromatic N) is 2. The lowest BCUT2D eigenvalue weighted by molar-refractivity contribution is -0.609. The van der Waals surface area contributed by atoms with Gasteiger partial charge in [-0.05, 0) is 31.4 Å². The quantitative estimate of drug-likeness (QED) is 0.394. The van der Waals surface area contributed by atoms with Crippen molar-refractivity contribution in [1.29, 1.82) is 0 Å². The van der Waals surface area contributed by atoms with E-state index in [9.17, 15) is 20.0 Å². The summed E-state index contributed by atoms with van der Waals surface area (Å²) in [6.45, 7) is 2.09. The number of hydrogen-bond acceptors (Lipinski definition) is 8. The molecule has 32 heavy (non-hydrogen) atoms. The largest absolute Gasteiger partial charge is 0.618 e. The van der Waals surface area contributed by atoms with Crippen LogP contribution in [0.3, 0.4) is 0 Å². The van der Waals surface area contributed by atoms with E-state index in [-0.39, 0.29) is 23.4 Å². The minimum Gasteiger partial charge on any atom is -0.618 e. The van der Waals surface area contributed by atoms with Gasteiger partial charge in [0, 0.05) is 42.4 Å². The molecule has 0 N–H and O–H groups in total. The average Bonchev–Trinajstić information content (AvgIpc) is 3.53. The van der Waals surface area contributed by atoms with E-state index in [4.69, 9.17) is 9.47 Å². The van der Waals surface area contributed by atoms with E-state index in [1.165, 1.54) is 38.7 Å². The van der Waals surface area contributed by atoms with Crippen LogP contribution in [0.25, 0.3) is 0 Å². The summed E-state index contributed by atoms with van der Waals surface area (Å²) in [5.74, 6) is -0.995. The zero-order valence-corrected chi connectivity index (χ0v) is 18.0. The fourth-order valence-corrected chi connectivity index (χ4v) is 3.59. The van der Waals surface area contributed by atoms with Gasteiger partial charge in [-0.3, -0.25) is 0 Å². The van der Waals surface area contributed by atoms with E-state index in [1.807, 2.05) is 0 Å². The molecule has 4 rings (SSSR count). The van der Waals surface area contributed by atoms with Crippen LogP contribution in [-0.2, 0) is 18.9 Å². The molecule has 2 saturated heterocycles. The maximum Gasteiger partial charge on any atom is 0.404 e. The summed E-state index contributed by atoms with van der Waals surface area (Å²) in [4.78, 5) is 22.4. The Balaban J connectivity index is 0.000000181. The Morgan fingerprint density at radius 2 is 1.50 bits per heavy atom. The maximum absolute atomic E-state index is 11.6. The van der Waals surface area contributed by atoms with Gasteiger partial charge in [-0.25, -0.2) is 9.59 Å². The first-order valence-corrected chi connectivity index (χ1v) is 10.3. The van der Waals surface area contributed by atoms with Crippen LogP contribution in [0.2, 0.25) is 0 Å². The second kappa shape index (κ2) is 10.9. The number of carbonyl (C=O) groups is 2. The third-order valence-corrected chi connectivity index (χ3v) is 5.37. The topological polar surface area (TPSA) is 125 Å². The second-order valence-electron chi connectivity index (χ2n) is 7.39. The average molecular weight is 446 g/mol. The lowest BCUT2D eigenvalue weighted by Gasteiger charge is -2.09. The number of hydrogen-bond donors (Lipinski definition) is 0. The Labute approximate surface area is 185 Å². The maximum atomic E-state index is 11.6. The van der Waals surface area contributed by atoms with Gasteiger partial charge in [-0.15, -0.1) is 0 Å². The zero-order chi connectivity index (χ0) is 23.1. The van der Waals surface area contributed by atoms with Crippen molar-refractivity contribution >= 4 is 11.9 Å². The highest BCUT2D eigenvalue weighted by Crippen LogP contribution is 2.27. The van der Waals surface area contributed by atoms with Crippen LogP contribution in [0.1, 0.15) is 63.4 Å². The molecule has 0 spiro atoms. The van der Waals surface area contributed by atoms with Crippen molar-refractivity contribution in [3.8, 4) is 0 Å². The Morgan fingerprint density at radius 1 is 0.906 bits per heavy atom. The molecule has 0 amide bonds. The van der Waals surface area contributed by atoms with Gasteiger partial charge in [-0.2, -0.15) is 9.46 Å². The summed E-state index contributed by atoms with van der Waals surface area (Å²) in [5.41, 5.74) is 1.70. The summed E-state index contributed by atoms with van der Waals surface area (Å²) in [6.07, 6.45) is 5.61. The minimum atomic E-state index is -0.631. The molecule has 2 aromatic heterocycles. The second-order valence-corrected chi connectivity index (χ2v) is 7.39. The number of aromatic nitrogens is 2. The Hall–Kier alpha value is -3.24. The molecule has 0 radical (unpaired) electrons. The molecule has 2 aromatic rings. The zero-order valence-electron chi connectivity index (χ0n) is 18.0. The predicted octanol–water partition coefficient (Wildman–Crippen LogP) is 1.57. The Bertz CT molecular complexity index is 875. The number of carbonyl (C=O) groups excluding carboxylic acids is 2. The fourth-order valence-electron chi connectivity index (χ4n) is 3.59. The highest BCUT2D eigenvalue weighted by atomic mass is 16.5. The molecule has 0 aliphatic carbocycles. The van der Waals surface area contributed by atoms with Crippen molar-refractivity contribution in [1.82, 2.24) is 0 Å². The van der Waals surface area contributed by atoms with E-state index in [1.54, 1.807) is 12.1 Å². The van der Waals surface area contributed by atoms with Crippen LogP contribution >= 0.6 is 0 Å². The van der Waals surface area contributed by atoms with Crippen molar-refractivity contribution in [2.24, 2.45) is 0 Å². The van der Waals surface area contributed by atoms with E-state index < -0.39 is 11.9 Å². The van der Waals surface area contributed by atoms with Crippen molar-refractivity contribution in [2.45, 2.75) is 31.3 Å². The number of methoxy groups -OCH3 is 2. The normalized spacial score (nSPS) is 19.7. The standard InChI is InChI=1S/2C11H13NO4/c1-15-11(13)10-3-2-8(6-12(10)14)9-4-5-16-7-9;1-15-11(13)9-5-4-8(7-12(9)14)10-3-2-6-16-10/h2-3,6,9H,4-5,7H2,1H3;4-5,7,10H,2-3,6H2,1H3. The molecule has 4 heterocycles. The molecule has 2 aliphatic rings. The van der Waals surface area contributed by atoms with Crippen molar-refractivity contribution in [3.63, 3.8) is 0 Å². The fraction of sp³-hybridized carbons (Fsp3) is 0.455. The van der Waals surface area contributed by atoms with Gasteiger partial charge in [0.25, 0.3) is 0 Å². The first-order chi connectivity index (χ1) is 15.4. The van der Waals surface area contributed by atoms with Gasteiger partial charge in [0.1, 0.15) is 0 Å². The smallest absolute Gasteiger partial charge is 0.404 e. The first-order valence-electron chi connectivity index (χ1n) is 10.3. The number of pyridine rings is 2. The molecule has 0 saturated carbocycles. The van der Waals surface area contributed by atoms with E-state index in [2.05, 4.69) is 9.47 Å². The van der Waals surface area contributed by atoms with Gasteiger partial charge in [0.2, 0.25) is 0 Å². The molecule has 10 heteroatoms. The molecule has 2 atom stereocenters. The minimum absolute atomic E-state index is 0.00478. The predicted molar refractivity (Wildman–Crippen MR) is 110 cm³/mol. The van der Waals surface area contributed by atoms with Crippen LogP contribution < -0.4 is 9.46 Å². The SMILES string of the molecule is COC(=O)c1ccc(C2CCCO2)c[n+]1[O-].COC(=O)c1ccc(C2CCOC2)c[n+]1[O-]. The molecule has 10 nitrogen and oxygen atoms in total. The summed E-state index contributed by atoms with van der Waals surface area (Å²) >= 11 is 0. The summed E-state index contributed by atoms with van der Waals surface area (Å²) in [7, 11) is 2.50. The summed E-state index contributed by atoms with van der Waals surface area (Å²) < 4.78 is 20.8. The highest BCUT2D eigenvalue weighted by Gasteiger charge is 2.24. The van der Waals surface area contributed by atoms with Crippen LogP contribution in [0, 0.1) is 10.4 Å². The van der Waals surface area contributed by atoms with Crippen LogP contribution in [0.5, 0.6) is 0 Å². The van der Waals surface area contributed by atoms with E-state index in [0.717, 1.165) is 43.6 Å². The molecule has 2 unspecified atom stereocenters. The summed E-state index contributed by atoms with van der Waals surface area (Å²) in [6, 6.07) is 6.47. The number of rotatable bonds is 4. The van der Waals surface area contributed by atoms with Crippen LogP contribution in [0.4, 0.5) is 0 Å². The van der Waals surface area contributed by atoms with Gasteiger partial charge in [0.05, 0.1) is 26.9 Å². The Morgan fingerprint density at radius 3 is 1.97 bits per heavy atom. The summed E-state index contributed by atoms with van der Waals surface area (Å²) in [5, 5.41) is 23.1. The molecular weight excluding hydrogens is 420 g/mol. The van der Waals surface area contributed by atoms with Crippen LogP contribution in [0.15, 0.2) is 36.7 Å². The number of ether oxygens (including phenoxy) is 4. The van der Waals surface area contributed by atoms with Gasteiger partial charge in [-0.1, -0.05) is 0 Å². The Kier molecular flexibility index (Phi) is 7.96. The monoisotopic (exact) mass is 446 g/mol. The highest BCUT2D eigenvalue weighted by molar-refractivity contribution is 5.85.